The van der Waals surface area contributed by atoms with E-state index in [9.17, 15) is 0 Å². The summed E-state index contributed by atoms with van der Waals surface area (Å²) in [4.78, 5) is 4.90. The smallest absolute Gasteiger partial charge is 0.0716 e. The molecule has 122 valence electrons. The van der Waals surface area contributed by atoms with Crippen LogP contribution in [-0.4, -0.2) is 4.98 Å². The van der Waals surface area contributed by atoms with Gasteiger partial charge in [0.1, 0.15) is 0 Å². The molecule has 0 aliphatic carbocycles. The van der Waals surface area contributed by atoms with Crippen LogP contribution in [0.15, 0.2) is 103 Å². The predicted octanol–water partition coefficient (Wildman–Crippen LogP) is 6.72. The van der Waals surface area contributed by atoms with Crippen LogP contribution >= 0.6 is 0 Å². The molecular formula is C25H17N. The van der Waals surface area contributed by atoms with Gasteiger partial charge in [-0.3, -0.25) is 0 Å². The number of aromatic nitrogens is 1. The van der Waals surface area contributed by atoms with Gasteiger partial charge in [-0.15, -0.1) is 0 Å². The van der Waals surface area contributed by atoms with Crippen LogP contribution < -0.4 is 0 Å². The number of para-hydroxylation sites is 1. The summed E-state index contributed by atoms with van der Waals surface area (Å²) in [7, 11) is 0. The fourth-order valence-electron chi connectivity index (χ4n) is 3.62. The molecule has 0 N–H and O–H groups in total. The SMILES string of the molecule is c1ccc(-c2ccc3nc4ccccc4c(-c4ccccc4)c3c2)cc1. The van der Waals surface area contributed by atoms with Crippen LogP contribution in [0.1, 0.15) is 0 Å². The molecule has 0 saturated heterocycles. The van der Waals surface area contributed by atoms with Crippen molar-refractivity contribution in [2.24, 2.45) is 0 Å². The van der Waals surface area contributed by atoms with E-state index in [1.54, 1.807) is 0 Å². The summed E-state index contributed by atoms with van der Waals surface area (Å²) in [6.45, 7) is 0. The van der Waals surface area contributed by atoms with Crippen LogP contribution in [0.5, 0.6) is 0 Å². The molecule has 0 amide bonds. The van der Waals surface area contributed by atoms with Crippen LogP contribution in [0.25, 0.3) is 44.1 Å². The van der Waals surface area contributed by atoms with E-state index in [4.69, 9.17) is 4.98 Å². The number of hydrogen-bond acceptors (Lipinski definition) is 1. The van der Waals surface area contributed by atoms with Gasteiger partial charge in [0.2, 0.25) is 0 Å². The van der Waals surface area contributed by atoms with Gasteiger partial charge in [-0.1, -0.05) is 84.9 Å². The van der Waals surface area contributed by atoms with Gasteiger partial charge in [-0.05, 0) is 34.9 Å². The lowest BCUT2D eigenvalue weighted by atomic mass is 9.94. The van der Waals surface area contributed by atoms with E-state index in [2.05, 4.69) is 97.1 Å². The van der Waals surface area contributed by atoms with Gasteiger partial charge in [0.25, 0.3) is 0 Å². The molecule has 1 nitrogen and oxygen atoms in total. The second-order valence-corrected chi connectivity index (χ2v) is 6.47. The van der Waals surface area contributed by atoms with E-state index in [1.807, 2.05) is 6.07 Å². The highest BCUT2D eigenvalue weighted by atomic mass is 14.7. The first kappa shape index (κ1) is 14.9. The topological polar surface area (TPSA) is 12.9 Å². The van der Waals surface area contributed by atoms with E-state index in [1.165, 1.54) is 33.0 Å². The van der Waals surface area contributed by atoms with Crippen molar-refractivity contribution >= 4 is 21.8 Å². The van der Waals surface area contributed by atoms with Crippen molar-refractivity contribution in [1.82, 2.24) is 4.98 Å². The largest absolute Gasteiger partial charge is 0.248 e. The van der Waals surface area contributed by atoms with Gasteiger partial charge in [-0.25, -0.2) is 4.98 Å². The summed E-state index contributed by atoms with van der Waals surface area (Å²) in [5, 5.41) is 2.38. The first-order chi connectivity index (χ1) is 12.9. The Bertz CT molecular complexity index is 1210. The van der Waals surface area contributed by atoms with Crippen LogP contribution in [0.4, 0.5) is 0 Å². The molecule has 0 unspecified atom stereocenters. The molecule has 1 aromatic heterocycles. The van der Waals surface area contributed by atoms with E-state index in [-0.39, 0.29) is 0 Å². The lowest BCUT2D eigenvalue weighted by molar-refractivity contribution is 1.49. The maximum atomic E-state index is 4.90. The Labute approximate surface area is 152 Å². The third kappa shape index (κ3) is 2.46. The maximum Gasteiger partial charge on any atom is 0.0716 e. The Morgan fingerprint density at radius 3 is 1.81 bits per heavy atom. The molecule has 4 aromatic carbocycles. The van der Waals surface area contributed by atoms with Crippen molar-refractivity contribution in [3.8, 4) is 22.3 Å². The molecule has 0 atom stereocenters. The number of fused-ring (bicyclic) bond motifs is 2. The molecule has 0 fully saturated rings. The van der Waals surface area contributed by atoms with Gasteiger partial charge in [0.15, 0.2) is 0 Å². The Kier molecular flexibility index (Phi) is 3.50. The minimum Gasteiger partial charge on any atom is -0.248 e. The monoisotopic (exact) mass is 331 g/mol. The summed E-state index contributed by atoms with van der Waals surface area (Å²) < 4.78 is 0. The number of nitrogens with zero attached hydrogens (tertiary/aromatic N) is 1. The molecule has 1 heteroatoms. The molecule has 0 aliphatic heterocycles. The first-order valence-corrected chi connectivity index (χ1v) is 8.83. The van der Waals surface area contributed by atoms with Crippen molar-refractivity contribution in [3.05, 3.63) is 103 Å². The fourth-order valence-corrected chi connectivity index (χ4v) is 3.62. The minimum absolute atomic E-state index is 1.03. The van der Waals surface area contributed by atoms with Crippen LogP contribution in [0.3, 0.4) is 0 Å². The van der Waals surface area contributed by atoms with Crippen molar-refractivity contribution in [1.29, 1.82) is 0 Å². The highest BCUT2D eigenvalue weighted by Crippen LogP contribution is 2.36. The standard InChI is InChI=1S/C25H17N/c1-3-9-18(10-4-1)20-15-16-24-22(17-20)25(19-11-5-2-6-12-19)21-13-7-8-14-23(21)26-24/h1-17H. The lowest BCUT2D eigenvalue weighted by Gasteiger charge is -2.13. The summed E-state index contributed by atoms with van der Waals surface area (Å²) in [5.74, 6) is 0. The summed E-state index contributed by atoms with van der Waals surface area (Å²) in [6.07, 6.45) is 0. The Morgan fingerprint density at radius 2 is 1.04 bits per heavy atom. The second-order valence-electron chi connectivity index (χ2n) is 6.47. The molecule has 5 rings (SSSR count). The highest BCUT2D eigenvalue weighted by molar-refractivity contribution is 6.10. The van der Waals surface area contributed by atoms with E-state index in [0.29, 0.717) is 0 Å². The normalized spacial score (nSPS) is 11.1. The fraction of sp³-hybridized carbons (Fsp3) is 0. The van der Waals surface area contributed by atoms with Gasteiger partial charge >= 0.3 is 0 Å². The van der Waals surface area contributed by atoms with E-state index in [0.717, 1.165) is 11.0 Å². The highest BCUT2D eigenvalue weighted by Gasteiger charge is 2.11. The van der Waals surface area contributed by atoms with Crippen molar-refractivity contribution in [3.63, 3.8) is 0 Å². The molecule has 5 aromatic rings. The zero-order valence-electron chi connectivity index (χ0n) is 14.3. The number of rotatable bonds is 2. The third-order valence-electron chi connectivity index (χ3n) is 4.85. The Morgan fingerprint density at radius 1 is 0.423 bits per heavy atom. The predicted molar refractivity (Wildman–Crippen MR) is 110 cm³/mol. The molecule has 1 heterocycles. The van der Waals surface area contributed by atoms with Gasteiger partial charge in [0.05, 0.1) is 11.0 Å². The van der Waals surface area contributed by atoms with Crippen molar-refractivity contribution in [2.75, 3.05) is 0 Å². The average molecular weight is 331 g/mol. The van der Waals surface area contributed by atoms with Crippen molar-refractivity contribution < 1.29 is 0 Å². The summed E-state index contributed by atoms with van der Waals surface area (Å²) in [5.41, 5.74) is 6.98. The van der Waals surface area contributed by atoms with Crippen molar-refractivity contribution in [2.45, 2.75) is 0 Å². The summed E-state index contributed by atoms with van der Waals surface area (Å²) >= 11 is 0. The van der Waals surface area contributed by atoms with Gasteiger partial charge in [-0.2, -0.15) is 0 Å². The molecule has 26 heavy (non-hydrogen) atoms. The minimum atomic E-state index is 1.03. The van der Waals surface area contributed by atoms with Crippen LogP contribution in [-0.2, 0) is 0 Å². The molecule has 0 radical (unpaired) electrons. The van der Waals surface area contributed by atoms with E-state index >= 15 is 0 Å². The first-order valence-electron chi connectivity index (χ1n) is 8.83. The third-order valence-corrected chi connectivity index (χ3v) is 4.85. The van der Waals surface area contributed by atoms with Crippen LogP contribution in [0, 0.1) is 0 Å². The Balaban J connectivity index is 1.89. The zero-order chi connectivity index (χ0) is 17.3. The van der Waals surface area contributed by atoms with Gasteiger partial charge < -0.3 is 0 Å². The maximum absolute atomic E-state index is 4.90. The zero-order valence-corrected chi connectivity index (χ0v) is 14.3. The molecule has 0 bridgehead atoms. The average Bonchev–Trinajstić information content (AvgIpc) is 2.73. The van der Waals surface area contributed by atoms with E-state index < -0.39 is 0 Å². The number of hydrogen-bond donors (Lipinski definition) is 0. The number of benzene rings is 4. The lowest BCUT2D eigenvalue weighted by Crippen LogP contribution is -1.90. The molecule has 0 saturated carbocycles. The van der Waals surface area contributed by atoms with Crippen LogP contribution in [0.2, 0.25) is 0 Å². The molecule has 0 aliphatic rings. The molecule has 0 spiro atoms. The second kappa shape index (κ2) is 6.12. The Hall–Kier alpha value is -3.45. The quantitative estimate of drug-likeness (QED) is 0.327. The van der Waals surface area contributed by atoms with Gasteiger partial charge in [0, 0.05) is 16.3 Å². The number of pyridine rings is 1. The molecular weight excluding hydrogens is 314 g/mol. The summed E-state index contributed by atoms with van der Waals surface area (Å²) in [6, 6.07) is 36.1.